The number of carbonyl (C=O) groups excluding carboxylic acids is 1. The van der Waals surface area contributed by atoms with Crippen molar-refractivity contribution in [3.63, 3.8) is 0 Å². The van der Waals surface area contributed by atoms with Gasteiger partial charge in [-0.05, 0) is 114 Å². The maximum atomic E-state index is 12.0. The second-order valence-electron chi connectivity index (χ2n) is 12.8. The van der Waals surface area contributed by atoms with Crippen molar-refractivity contribution in [2.75, 3.05) is 7.11 Å². The van der Waals surface area contributed by atoms with Crippen molar-refractivity contribution in [2.24, 2.45) is 11.3 Å². The Balaban J connectivity index is 1.24. The monoisotopic (exact) mass is 538 g/mol. The maximum absolute atomic E-state index is 12.0. The molecule has 6 rings (SSSR count). The lowest BCUT2D eigenvalue weighted by Crippen LogP contribution is -2.16. The van der Waals surface area contributed by atoms with E-state index in [4.69, 9.17) is 14.2 Å². The minimum absolute atomic E-state index is 0.143. The molecule has 0 unspecified atom stereocenters. The van der Waals surface area contributed by atoms with E-state index < -0.39 is 0 Å². The highest BCUT2D eigenvalue weighted by atomic mass is 16.5. The van der Waals surface area contributed by atoms with Gasteiger partial charge in [-0.3, -0.25) is 4.79 Å². The molecule has 0 amide bonds. The number of benzene rings is 3. The summed E-state index contributed by atoms with van der Waals surface area (Å²) in [6.45, 7) is 5.35. The molecule has 4 heteroatoms. The molecule has 0 aliphatic heterocycles. The standard InChI is InChI=1S/C36H42O4/c1-36(2)18-6-11-34(36)33-19-24(12-17-31(33)26-7-5-10-30(21-26)40-28-15-16-28)23-39-29-9-4-8-27(20-29)32(25-13-14-25)22-35(37)38-3/h4-5,7-10,12,17,19-21,25,28,32,34H,6,11,13-16,18,22-23H2,1-3H3/t32-,34-/m1/s1. The number of rotatable bonds is 11. The third kappa shape index (κ3) is 6.22. The van der Waals surface area contributed by atoms with Gasteiger partial charge in [0.05, 0.1) is 19.6 Å². The SMILES string of the molecule is COC(=O)C[C@@H](c1cccc(OCc2ccc(-c3cccc(OC4CC4)c3)c([C@H]3CCCC3(C)C)c2)c1)C1CC1. The van der Waals surface area contributed by atoms with Gasteiger partial charge in [0, 0.05) is 0 Å². The summed E-state index contributed by atoms with van der Waals surface area (Å²) in [5, 5.41) is 0. The molecule has 2 atom stereocenters. The van der Waals surface area contributed by atoms with Gasteiger partial charge in [-0.15, -0.1) is 0 Å². The third-order valence-electron chi connectivity index (χ3n) is 9.22. The van der Waals surface area contributed by atoms with Crippen LogP contribution in [0.15, 0.2) is 66.7 Å². The normalized spacial score (nSPS) is 20.6. The molecule has 3 fully saturated rings. The van der Waals surface area contributed by atoms with Gasteiger partial charge in [0.15, 0.2) is 0 Å². The molecule has 0 aromatic heterocycles. The zero-order valence-electron chi connectivity index (χ0n) is 24.2. The number of carbonyl (C=O) groups is 1. The summed E-state index contributed by atoms with van der Waals surface area (Å²) in [5.41, 5.74) is 6.58. The Morgan fingerprint density at radius 1 is 0.925 bits per heavy atom. The van der Waals surface area contributed by atoms with Gasteiger partial charge >= 0.3 is 5.97 Å². The van der Waals surface area contributed by atoms with Crippen LogP contribution in [0.2, 0.25) is 0 Å². The zero-order chi connectivity index (χ0) is 27.7. The molecule has 0 bridgehead atoms. The van der Waals surface area contributed by atoms with Crippen LogP contribution in [0.1, 0.15) is 93.7 Å². The minimum atomic E-state index is -0.143. The van der Waals surface area contributed by atoms with Crippen LogP contribution in [0.25, 0.3) is 11.1 Å². The predicted molar refractivity (Wildman–Crippen MR) is 159 cm³/mol. The molecule has 3 aromatic carbocycles. The van der Waals surface area contributed by atoms with E-state index in [9.17, 15) is 4.79 Å². The van der Waals surface area contributed by atoms with E-state index in [-0.39, 0.29) is 17.3 Å². The van der Waals surface area contributed by atoms with Crippen molar-refractivity contribution >= 4 is 5.97 Å². The third-order valence-corrected chi connectivity index (χ3v) is 9.22. The topological polar surface area (TPSA) is 44.8 Å². The first-order valence-electron chi connectivity index (χ1n) is 15.1. The van der Waals surface area contributed by atoms with Gasteiger partial charge in [0.25, 0.3) is 0 Å². The van der Waals surface area contributed by atoms with Gasteiger partial charge in [-0.2, -0.15) is 0 Å². The molecule has 0 heterocycles. The van der Waals surface area contributed by atoms with Crippen LogP contribution < -0.4 is 9.47 Å². The van der Waals surface area contributed by atoms with E-state index in [0.29, 0.717) is 31.0 Å². The van der Waals surface area contributed by atoms with E-state index in [0.717, 1.165) is 24.3 Å². The Labute approximate surface area is 239 Å². The fourth-order valence-corrected chi connectivity index (χ4v) is 6.59. The molecule has 3 saturated carbocycles. The smallest absolute Gasteiger partial charge is 0.306 e. The van der Waals surface area contributed by atoms with Gasteiger partial charge in [0.1, 0.15) is 18.1 Å². The highest BCUT2D eigenvalue weighted by molar-refractivity contribution is 5.71. The van der Waals surface area contributed by atoms with Crippen LogP contribution in [0, 0.1) is 11.3 Å². The van der Waals surface area contributed by atoms with E-state index in [1.165, 1.54) is 67.0 Å². The summed E-state index contributed by atoms with van der Waals surface area (Å²) in [7, 11) is 1.47. The van der Waals surface area contributed by atoms with E-state index in [2.05, 4.69) is 68.4 Å². The Bertz CT molecular complexity index is 1350. The van der Waals surface area contributed by atoms with Gasteiger partial charge < -0.3 is 14.2 Å². The molecule has 40 heavy (non-hydrogen) atoms. The number of hydrogen-bond acceptors (Lipinski definition) is 4. The number of ether oxygens (including phenoxy) is 3. The molecule has 3 aromatic rings. The van der Waals surface area contributed by atoms with Gasteiger partial charge in [-0.25, -0.2) is 0 Å². The zero-order valence-corrected chi connectivity index (χ0v) is 24.2. The molecule has 0 spiro atoms. The second kappa shape index (κ2) is 11.3. The maximum Gasteiger partial charge on any atom is 0.306 e. The Kier molecular flexibility index (Phi) is 7.61. The fraction of sp³-hybridized carbons (Fsp3) is 0.472. The van der Waals surface area contributed by atoms with Crippen LogP contribution in [-0.4, -0.2) is 19.2 Å². The molecule has 3 aliphatic carbocycles. The van der Waals surface area contributed by atoms with Crippen LogP contribution in [0.5, 0.6) is 11.5 Å². The molecule has 0 radical (unpaired) electrons. The summed E-state index contributed by atoms with van der Waals surface area (Å²) in [4.78, 5) is 12.0. The summed E-state index contributed by atoms with van der Waals surface area (Å²) in [6.07, 6.45) is 9.23. The lowest BCUT2D eigenvalue weighted by Gasteiger charge is -2.30. The summed E-state index contributed by atoms with van der Waals surface area (Å²) in [5.74, 6) is 2.95. The van der Waals surface area contributed by atoms with Crippen molar-refractivity contribution in [2.45, 2.75) is 89.8 Å². The van der Waals surface area contributed by atoms with E-state index in [1.54, 1.807) is 0 Å². The molecule has 0 N–H and O–H groups in total. The van der Waals surface area contributed by atoms with Crippen molar-refractivity contribution < 1.29 is 19.0 Å². The first kappa shape index (κ1) is 26.9. The highest BCUT2D eigenvalue weighted by Crippen LogP contribution is 2.51. The van der Waals surface area contributed by atoms with Gasteiger partial charge in [-0.1, -0.05) is 62.7 Å². The minimum Gasteiger partial charge on any atom is -0.490 e. The lowest BCUT2D eigenvalue weighted by molar-refractivity contribution is -0.141. The molecular weight excluding hydrogens is 496 g/mol. The van der Waals surface area contributed by atoms with Crippen LogP contribution in [0.3, 0.4) is 0 Å². The molecule has 210 valence electrons. The Hall–Kier alpha value is -3.27. The summed E-state index contributed by atoms with van der Waals surface area (Å²) >= 11 is 0. The second-order valence-corrected chi connectivity index (χ2v) is 12.8. The molecule has 4 nitrogen and oxygen atoms in total. The van der Waals surface area contributed by atoms with Crippen LogP contribution >= 0.6 is 0 Å². The number of esters is 1. The molecular formula is C36H42O4. The van der Waals surface area contributed by atoms with E-state index in [1.807, 2.05) is 12.1 Å². The first-order chi connectivity index (χ1) is 19.4. The first-order valence-corrected chi connectivity index (χ1v) is 15.1. The number of hydrogen-bond donors (Lipinski definition) is 0. The average Bonchev–Trinajstić information content (AvgIpc) is 3.90. The van der Waals surface area contributed by atoms with Crippen molar-refractivity contribution in [1.82, 2.24) is 0 Å². The van der Waals surface area contributed by atoms with Gasteiger partial charge in [0.2, 0.25) is 0 Å². The molecule has 0 saturated heterocycles. The van der Waals surface area contributed by atoms with E-state index >= 15 is 0 Å². The summed E-state index contributed by atoms with van der Waals surface area (Å²) < 4.78 is 17.5. The Morgan fingerprint density at radius 2 is 1.73 bits per heavy atom. The fourth-order valence-electron chi connectivity index (χ4n) is 6.59. The van der Waals surface area contributed by atoms with Crippen molar-refractivity contribution in [1.29, 1.82) is 0 Å². The van der Waals surface area contributed by atoms with Crippen molar-refractivity contribution in [3.8, 4) is 22.6 Å². The lowest BCUT2D eigenvalue weighted by atomic mass is 9.75. The van der Waals surface area contributed by atoms with Crippen LogP contribution in [-0.2, 0) is 16.1 Å². The summed E-state index contributed by atoms with van der Waals surface area (Å²) in [6, 6.07) is 23.8. The van der Waals surface area contributed by atoms with Crippen LogP contribution in [0.4, 0.5) is 0 Å². The largest absolute Gasteiger partial charge is 0.490 e. The van der Waals surface area contributed by atoms with Crippen molar-refractivity contribution in [3.05, 3.63) is 83.4 Å². The quantitative estimate of drug-likeness (QED) is 0.229. The Morgan fingerprint density at radius 3 is 2.45 bits per heavy atom. The average molecular weight is 539 g/mol. The number of methoxy groups -OCH3 is 1. The highest BCUT2D eigenvalue weighted by Gasteiger charge is 2.37. The predicted octanol–water partition coefficient (Wildman–Crippen LogP) is 8.82. The molecule has 3 aliphatic rings.